The summed E-state index contributed by atoms with van der Waals surface area (Å²) in [6.07, 6.45) is 5.30. The summed E-state index contributed by atoms with van der Waals surface area (Å²) < 4.78 is 0. The monoisotopic (exact) mass is 198 g/mol. The van der Waals surface area contributed by atoms with Crippen molar-refractivity contribution in [2.45, 2.75) is 31.3 Å². The van der Waals surface area contributed by atoms with Crippen molar-refractivity contribution in [2.75, 3.05) is 14.1 Å². The zero-order valence-electron chi connectivity index (χ0n) is 8.82. The van der Waals surface area contributed by atoms with Crippen LogP contribution in [0.25, 0.3) is 0 Å². The number of carbonyl (C=O) groups is 2. The van der Waals surface area contributed by atoms with Crippen LogP contribution in [-0.2, 0) is 9.59 Å². The summed E-state index contributed by atoms with van der Waals surface area (Å²) in [5, 5.41) is 3.19. The van der Waals surface area contributed by atoms with E-state index in [1.165, 1.54) is 0 Å². The molecule has 0 spiro atoms. The van der Waals surface area contributed by atoms with E-state index in [1.807, 2.05) is 7.05 Å². The lowest BCUT2D eigenvalue weighted by molar-refractivity contribution is -0.125. The molecule has 1 saturated carbocycles. The lowest BCUT2D eigenvalue weighted by atomic mass is 9.82. The lowest BCUT2D eigenvalue weighted by Gasteiger charge is -2.43. The van der Waals surface area contributed by atoms with Crippen molar-refractivity contribution in [3.8, 4) is 0 Å². The Morgan fingerprint density at radius 1 is 1.36 bits per heavy atom. The van der Waals surface area contributed by atoms with Gasteiger partial charge in [-0.05, 0) is 32.7 Å². The second-order valence-electron chi connectivity index (χ2n) is 3.97. The van der Waals surface area contributed by atoms with Crippen LogP contribution in [0.5, 0.6) is 0 Å². The summed E-state index contributed by atoms with van der Waals surface area (Å²) in [6.45, 7) is 0. The summed E-state index contributed by atoms with van der Waals surface area (Å²) in [5.41, 5.74) is -0.235. The van der Waals surface area contributed by atoms with Crippen molar-refractivity contribution in [3.63, 3.8) is 0 Å². The highest BCUT2D eigenvalue weighted by Crippen LogP contribution is 2.32. The summed E-state index contributed by atoms with van der Waals surface area (Å²) in [4.78, 5) is 23.0. The molecule has 1 N–H and O–H groups in total. The molecule has 4 nitrogen and oxygen atoms in total. The van der Waals surface area contributed by atoms with E-state index in [2.05, 4.69) is 5.32 Å². The molecule has 0 aliphatic heterocycles. The molecule has 1 fully saturated rings. The second kappa shape index (κ2) is 4.55. The summed E-state index contributed by atoms with van der Waals surface area (Å²) in [6, 6.07) is 0. The van der Waals surface area contributed by atoms with E-state index in [4.69, 9.17) is 0 Å². The highest BCUT2D eigenvalue weighted by Gasteiger charge is 2.36. The van der Waals surface area contributed by atoms with E-state index in [0.29, 0.717) is 0 Å². The molecule has 0 saturated heterocycles. The maximum absolute atomic E-state index is 10.7. The fourth-order valence-electron chi connectivity index (χ4n) is 2.13. The third-order valence-corrected chi connectivity index (χ3v) is 3.35. The van der Waals surface area contributed by atoms with Crippen LogP contribution in [0.4, 0.5) is 0 Å². The molecule has 0 aromatic rings. The fourth-order valence-corrected chi connectivity index (χ4v) is 2.13. The third-order valence-electron chi connectivity index (χ3n) is 3.35. The number of aldehydes is 1. The van der Waals surface area contributed by atoms with Crippen molar-refractivity contribution in [3.05, 3.63) is 0 Å². The van der Waals surface area contributed by atoms with Crippen molar-refractivity contribution in [1.82, 2.24) is 10.2 Å². The first kappa shape index (κ1) is 11.2. The molecule has 0 aromatic carbocycles. The van der Waals surface area contributed by atoms with Gasteiger partial charge in [0, 0.05) is 13.0 Å². The zero-order chi connectivity index (χ0) is 10.6. The van der Waals surface area contributed by atoms with Crippen molar-refractivity contribution >= 4 is 12.7 Å². The molecule has 1 aliphatic carbocycles. The number of nitrogens with zero attached hydrogens (tertiary/aromatic N) is 1. The van der Waals surface area contributed by atoms with Gasteiger partial charge < -0.3 is 9.69 Å². The Bertz CT molecular complexity index is 210. The van der Waals surface area contributed by atoms with Crippen LogP contribution in [-0.4, -0.2) is 37.4 Å². The zero-order valence-corrected chi connectivity index (χ0v) is 8.82. The smallest absolute Gasteiger partial charge is 0.210 e. The number of nitrogens with one attached hydrogen (secondary N) is 1. The number of hydrogen-bond donors (Lipinski definition) is 1. The third kappa shape index (κ3) is 1.95. The quantitative estimate of drug-likeness (QED) is 0.525. The minimum atomic E-state index is -0.235. The standard InChI is InChI=1S/C10H18N2O2/c1-11-10(12(2)8-14)5-3-9(7-13)4-6-10/h7-9,11H,3-6H2,1-2H3. The van der Waals surface area contributed by atoms with Gasteiger partial charge in [-0.15, -0.1) is 0 Å². The maximum atomic E-state index is 10.7. The minimum absolute atomic E-state index is 0.177. The van der Waals surface area contributed by atoms with Crippen LogP contribution in [0, 0.1) is 5.92 Å². The molecule has 0 bridgehead atoms. The predicted molar refractivity (Wildman–Crippen MR) is 53.6 cm³/mol. The van der Waals surface area contributed by atoms with Crippen LogP contribution < -0.4 is 5.32 Å². The van der Waals surface area contributed by atoms with Gasteiger partial charge in [0.1, 0.15) is 6.29 Å². The fraction of sp³-hybridized carbons (Fsp3) is 0.800. The molecule has 0 radical (unpaired) electrons. The Morgan fingerprint density at radius 3 is 2.29 bits per heavy atom. The Morgan fingerprint density at radius 2 is 1.93 bits per heavy atom. The van der Waals surface area contributed by atoms with E-state index >= 15 is 0 Å². The average Bonchev–Trinajstić information content (AvgIpc) is 2.28. The molecular weight excluding hydrogens is 180 g/mol. The van der Waals surface area contributed by atoms with Gasteiger partial charge in [-0.1, -0.05) is 0 Å². The Labute approximate surface area is 84.7 Å². The average molecular weight is 198 g/mol. The van der Waals surface area contributed by atoms with E-state index in [9.17, 15) is 9.59 Å². The van der Waals surface area contributed by atoms with Gasteiger partial charge in [0.2, 0.25) is 6.41 Å². The summed E-state index contributed by atoms with van der Waals surface area (Å²) in [7, 11) is 3.64. The van der Waals surface area contributed by atoms with Crippen molar-refractivity contribution in [1.29, 1.82) is 0 Å². The van der Waals surface area contributed by atoms with Gasteiger partial charge in [-0.2, -0.15) is 0 Å². The van der Waals surface area contributed by atoms with E-state index < -0.39 is 0 Å². The molecule has 1 rings (SSSR count). The highest BCUT2D eigenvalue weighted by molar-refractivity contribution is 5.54. The van der Waals surface area contributed by atoms with Crippen LogP contribution in [0.15, 0.2) is 0 Å². The predicted octanol–water partition coefficient (Wildman–Crippen LogP) is 0.379. The number of hydrogen-bond acceptors (Lipinski definition) is 3. The topological polar surface area (TPSA) is 49.4 Å². The SMILES string of the molecule is CNC1(N(C)C=O)CCC(C=O)CC1. The molecule has 4 heteroatoms. The lowest BCUT2D eigenvalue weighted by Crippen LogP contribution is -2.57. The van der Waals surface area contributed by atoms with Gasteiger partial charge in [0.25, 0.3) is 0 Å². The van der Waals surface area contributed by atoms with E-state index in [1.54, 1.807) is 11.9 Å². The molecule has 1 aliphatic rings. The largest absolute Gasteiger partial charge is 0.330 e. The van der Waals surface area contributed by atoms with Crippen molar-refractivity contribution in [2.24, 2.45) is 5.92 Å². The molecule has 0 aromatic heterocycles. The highest BCUT2D eigenvalue weighted by atomic mass is 16.1. The number of carbonyl (C=O) groups excluding carboxylic acids is 2. The molecule has 0 atom stereocenters. The molecule has 0 unspecified atom stereocenters. The summed E-state index contributed by atoms with van der Waals surface area (Å²) in [5.74, 6) is 0.177. The van der Waals surface area contributed by atoms with Gasteiger partial charge in [0.15, 0.2) is 0 Å². The van der Waals surface area contributed by atoms with Crippen LogP contribution in [0.3, 0.4) is 0 Å². The molecule has 80 valence electrons. The first-order valence-electron chi connectivity index (χ1n) is 5.01. The normalized spacial score (nSPS) is 32.3. The number of rotatable bonds is 4. The van der Waals surface area contributed by atoms with Crippen LogP contribution in [0.1, 0.15) is 25.7 Å². The molecule has 14 heavy (non-hydrogen) atoms. The van der Waals surface area contributed by atoms with E-state index in [-0.39, 0.29) is 11.6 Å². The molecule has 0 heterocycles. The second-order valence-corrected chi connectivity index (χ2v) is 3.97. The van der Waals surface area contributed by atoms with E-state index in [0.717, 1.165) is 38.4 Å². The maximum Gasteiger partial charge on any atom is 0.210 e. The van der Waals surface area contributed by atoms with Gasteiger partial charge in [0.05, 0.1) is 5.66 Å². The van der Waals surface area contributed by atoms with Crippen molar-refractivity contribution < 1.29 is 9.59 Å². The number of amides is 1. The summed E-state index contributed by atoms with van der Waals surface area (Å²) >= 11 is 0. The Hall–Kier alpha value is -0.900. The first-order valence-corrected chi connectivity index (χ1v) is 5.01. The van der Waals surface area contributed by atoms with Crippen LogP contribution in [0.2, 0.25) is 0 Å². The first-order chi connectivity index (χ1) is 6.68. The molecule has 1 amide bonds. The Kier molecular flexibility index (Phi) is 3.63. The minimum Gasteiger partial charge on any atom is -0.330 e. The Balaban J connectivity index is 2.65. The molecular formula is C10H18N2O2. The van der Waals surface area contributed by atoms with Crippen LogP contribution >= 0.6 is 0 Å². The van der Waals surface area contributed by atoms with Gasteiger partial charge >= 0.3 is 0 Å². The van der Waals surface area contributed by atoms with Gasteiger partial charge in [-0.25, -0.2) is 0 Å². The van der Waals surface area contributed by atoms with Gasteiger partial charge in [-0.3, -0.25) is 10.1 Å².